The van der Waals surface area contributed by atoms with Crippen molar-refractivity contribution in [3.05, 3.63) is 0 Å². The SMILES string of the molecule is [K].[Na].[O]=[Bi]. The van der Waals surface area contributed by atoms with Crippen molar-refractivity contribution in [2.24, 2.45) is 0 Å². The molecule has 0 unspecified atom stereocenters. The zero-order chi connectivity index (χ0) is 2.00. The minimum atomic E-state index is 0. The summed E-state index contributed by atoms with van der Waals surface area (Å²) in [4.78, 5) is 0. The van der Waals surface area contributed by atoms with E-state index in [1.54, 1.807) is 0 Å². The Hall–Kier alpha value is 3.32. The summed E-state index contributed by atoms with van der Waals surface area (Å²) >= 11 is 0.194. The molecule has 0 aliphatic carbocycles. The van der Waals surface area contributed by atoms with E-state index in [2.05, 4.69) is 0 Å². The predicted molar refractivity (Wildman–Crippen MR) is 17.9 cm³/mol. The zero-order valence-electron chi connectivity index (χ0n) is 2.86. The number of rotatable bonds is 0. The average Bonchev–Trinajstić information content (AvgIpc) is 1.00. The zero-order valence-corrected chi connectivity index (χ0v) is 11.5. The summed E-state index contributed by atoms with van der Waals surface area (Å²) in [5.41, 5.74) is 0. The molecule has 0 aromatic heterocycles. The van der Waals surface area contributed by atoms with Crippen molar-refractivity contribution in [1.82, 2.24) is 0 Å². The summed E-state index contributed by atoms with van der Waals surface area (Å²) < 4.78 is 8.36. The van der Waals surface area contributed by atoms with Crippen LogP contribution in [-0.2, 0) is 2.81 Å². The van der Waals surface area contributed by atoms with E-state index >= 15 is 0 Å². The van der Waals surface area contributed by atoms with Crippen molar-refractivity contribution in [1.29, 1.82) is 0 Å². The Kier molecular flexibility index (Phi) is 63.6. The summed E-state index contributed by atoms with van der Waals surface area (Å²) in [5, 5.41) is 0. The van der Waals surface area contributed by atoms with Gasteiger partial charge in [-0.2, -0.15) is 0 Å². The van der Waals surface area contributed by atoms with Crippen LogP contribution in [0.3, 0.4) is 0 Å². The number of hydrogen-bond donors (Lipinski definition) is 0. The first-order chi connectivity index (χ1) is 1.00. The van der Waals surface area contributed by atoms with Crippen LogP contribution in [0.15, 0.2) is 0 Å². The van der Waals surface area contributed by atoms with Gasteiger partial charge in [0.1, 0.15) is 0 Å². The second-order valence-electron chi connectivity index (χ2n) is 0. The molecule has 0 aromatic carbocycles. The first-order valence-corrected chi connectivity index (χ1v) is 1.60. The maximum absolute atomic E-state index is 8.36. The van der Waals surface area contributed by atoms with Gasteiger partial charge in [0.25, 0.3) is 0 Å². The minimum absolute atomic E-state index is 0. The molecule has 0 aromatic rings. The van der Waals surface area contributed by atoms with E-state index in [1.807, 2.05) is 0 Å². The Morgan fingerprint density at radius 3 is 1.25 bits per heavy atom. The molecule has 0 saturated heterocycles. The van der Waals surface area contributed by atoms with E-state index in [9.17, 15) is 0 Å². The number of hydrogen-bond acceptors (Lipinski definition) is 1. The topological polar surface area (TPSA) is 17.1 Å². The third-order valence-electron chi connectivity index (χ3n) is 0. The molecule has 1 nitrogen and oxygen atoms in total. The van der Waals surface area contributed by atoms with Crippen molar-refractivity contribution in [3.63, 3.8) is 0 Å². The molecule has 0 heterocycles. The molecule has 0 N–H and O–H groups in total. The predicted octanol–water partition coefficient (Wildman–Crippen LogP) is -1.26. The third kappa shape index (κ3) is 9.01. The first kappa shape index (κ1) is 15.7. The van der Waals surface area contributed by atoms with Gasteiger partial charge in [-0.15, -0.1) is 0 Å². The molecule has 0 atom stereocenters. The van der Waals surface area contributed by atoms with Crippen molar-refractivity contribution in [2.75, 3.05) is 0 Å². The normalized spacial score (nSPS) is 1.00. The Labute approximate surface area is 105 Å². The molecule has 0 amide bonds. The van der Waals surface area contributed by atoms with Crippen molar-refractivity contribution < 1.29 is 2.81 Å². The van der Waals surface area contributed by atoms with Gasteiger partial charge in [0.15, 0.2) is 0 Å². The fraction of sp³-hybridized carbons (Fsp3) is 0. The molecule has 4 heavy (non-hydrogen) atoms. The molecule has 0 aliphatic heterocycles. The van der Waals surface area contributed by atoms with Crippen LogP contribution >= 0.6 is 0 Å². The van der Waals surface area contributed by atoms with Gasteiger partial charge < -0.3 is 0 Å². The molecular formula is BiKNaO. The van der Waals surface area contributed by atoms with E-state index in [1.165, 1.54) is 0 Å². The van der Waals surface area contributed by atoms with E-state index < -0.39 is 0 Å². The van der Waals surface area contributed by atoms with Gasteiger partial charge in [-0.3, -0.25) is 0 Å². The molecule has 0 bridgehead atoms. The Morgan fingerprint density at radius 2 is 1.25 bits per heavy atom. The van der Waals surface area contributed by atoms with Crippen LogP contribution in [0.4, 0.5) is 0 Å². The Morgan fingerprint density at radius 1 is 1.25 bits per heavy atom. The van der Waals surface area contributed by atoms with E-state index in [0.717, 1.165) is 0 Å². The van der Waals surface area contributed by atoms with Crippen LogP contribution < -0.4 is 0 Å². The summed E-state index contributed by atoms with van der Waals surface area (Å²) in [7, 11) is 0. The molecular weight excluding hydrogens is 287 g/mol. The van der Waals surface area contributed by atoms with Crippen molar-refractivity contribution in [2.45, 2.75) is 0 Å². The summed E-state index contributed by atoms with van der Waals surface area (Å²) in [6, 6.07) is 0. The molecule has 0 saturated carbocycles. The monoisotopic (exact) mass is 287 g/mol. The quantitative estimate of drug-likeness (QED) is 0.508. The molecule has 4 heteroatoms. The fourth-order valence-corrected chi connectivity index (χ4v) is 0. The van der Waals surface area contributed by atoms with Crippen LogP contribution in [0.2, 0.25) is 0 Å². The van der Waals surface area contributed by atoms with Gasteiger partial charge in [-0.25, -0.2) is 0 Å². The summed E-state index contributed by atoms with van der Waals surface area (Å²) in [5.74, 6) is 0. The van der Waals surface area contributed by atoms with Gasteiger partial charge in [0.2, 0.25) is 0 Å². The standard InChI is InChI=1S/Bi.K.Na.O. The molecule has 0 spiro atoms. The Bertz CT molecular complexity index is 8.00. The van der Waals surface area contributed by atoms with Crippen LogP contribution in [0, 0.1) is 0 Å². The van der Waals surface area contributed by atoms with Crippen molar-refractivity contribution in [3.8, 4) is 0 Å². The van der Waals surface area contributed by atoms with Gasteiger partial charge in [0.05, 0.1) is 0 Å². The fourth-order valence-electron chi connectivity index (χ4n) is 0. The molecule has 0 fully saturated rings. The second-order valence-corrected chi connectivity index (χ2v) is 0. The van der Waals surface area contributed by atoms with E-state index in [-0.39, 0.29) is 106 Å². The van der Waals surface area contributed by atoms with Gasteiger partial charge in [-0.05, 0) is 0 Å². The molecule has 13 valence electrons. The van der Waals surface area contributed by atoms with Crippen LogP contribution in [0.25, 0.3) is 0 Å². The third-order valence-corrected chi connectivity index (χ3v) is 0. The summed E-state index contributed by atoms with van der Waals surface area (Å²) in [6.07, 6.45) is 0. The molecule has 0 rings (SSSR count). The van der Waals surface area contributed by atoms with E-state index in [0.29, 0.717) is 0 Å². The molecule has 3 radical (unpaired) electrons. The van der Waals surface area contributed by atoms with Crippen LogP contribution in [0.1, 0.15) is 0 Å². The van der Waals surface area contributed by atoms with Crippen molar-refractivity contribution >= 4 is 106 Å². The maximum atomic E-state index is 8.36. The first-order valence-electron chi connectivity index (χ1n) is 0.183. The van der Waals surface area contributed by atoms with Gasteiger partial charge in [-0.1, -0.05) is 0 Å². The van der Waals surface area contributed by atoms with E-state index in [4.69, 9.17) is 2.81 Å². The van der Waals surface area contributed by atoms with Crippen LogP contribution in [-0.4, -0.2) is 106 Å². The average molecular weight is 287 g/mol. The van der Waals surface area contributed by atoms with Gasteiger partial charge >= 0.3 is 27.5 Å². The summed E-state index contributed by atoms with van der Waals surface area (Å²) in [6.45, 7) is 0. The Balaban J connectivity index is -0.00000000500. The van der Waals surface area contributed by atoms with Gasteiger partial charge in [0, 0.05) is 80.9 Å². The molecule has 0 aliphatic rings. The van der Waals surface area contributed by atoms with Crippen LogP contribution in [0.5, 0.6) is 0 Å². The second kappa shape index (κ2) is 16.2.